The lowest BCUT2D eigenvalue weighted by Gasteiger charge is -2.32. The van der Waals surface area contributed by atoms with Gasteiger partial charge in [-0.15, -0.1) is 0 Å². The van der Waals surface area contributed by atoms with Crippen LogP contribution in [0.3, 0.4) is 0 Å². The van der Waals surface area contributed by atoms with Crippen LogP contribution in [0.25, 0.3) is 0 Å². The molecule has 0 radical (unpaired) electrons. The first-order chi connectivity index (χ1) is 12.3. The molecule has 3 aliphatic heterocycles. The third kappa shape index (κ3) is 5.31. The van der Waals surface area contributed by atoms with E-state index in [9.17, 15) is 0 Å². The molecule has 0 amide bonds. The average Bonchev–Trinajstić information content (AvgIpc) is 3.29. The number of guanidine groups is 1. The highest BCUT2D eigenvalue weighted by Gasteiger charge is 2.30. The van der Waals surface area contributed by atoms with E-state index in [0.29, 0.717) is 6.04 Å². The SMILES string of the molecule is CCCN1CCC(CN=C(NCC)N2CCC(N3CCOCC3)C2)C1. The van der Waals surface area contributed by atoms with Gasteiger partial charge in [0, 0.05) is 51.9 Å². The van der Waals surface area contributed by atoms with Gasteiger partial charge in [0.15, 0.2) is 5.96 Å². The van der Waals surface area contributed by atoms with Gasteiger partial charge < -0.3 is 19.9 Å². The summed E-state index contributed by atoms with van der Waals surface area (Å²) in [4.78, 5) is 12.7. The van der Waals surface area contributed by atoms with Crippen molar-refractivity contribution in [3.8, 4) is 0 Å². The topological polar surface area (TPSA) is 43.3 Å². The summed E-state index contributed by atoms with van der Waals surface area (Å²) in [6, 6.07) is 0.666. The molecule has 1 N–H and O–H groups in total. The molecule has 0 aromatic rings. The lowest BCUT2D eigenvalue weighted by molar-refractivity contribution is 0.0195. The second kappa shape index (κ2) is 9.74. The molecule has 0 bridgehead atoms. The minimum Gasteiger partial charge on any atom is -0.379 e. The summed E-state index contributed by atoms with van der Waals surface area (Å²) >= 11 is 0. The first-order valence-electron chi connectivity index (χ1n) is 10.4. The maximum absolute atomic E-state index is 5.50. The van der Waals surface area contributed by atoms with Crippen LogP contribution in [0.4, 0.5) is 0 Å². The lowest BCUT2D eigenvalue weighted by Crippen LogP contribution is -2.46. The van der Waals surface area contributed by atoms with Gasteiger partial charge in [-0.25, -0.2) is 0 Å². The van der Waals surface area contributed by atoms with E-state index in [1.807, 2.05) is 0 Å². The monoisotopic (exact) mass is 351 g/mol. The second-order valence-electron chi connectivity index (χ2n) is 7.69. The Morgan fingerprint density at radius 3 is 2.68 bits per heavy atom. The predicted octanol–water partition coefficient (Wildman–Crippen LogP) is 1.09. The standard InChI is InChI=1S/C19H37N5O/c1-3-7-22-8-5-17(15-22)14-21-19(20-4-2)24-9-6-18(16-24)23-10-12-25-13-11-23/h17-18H,3-16H2,1-2H3,(H,20,21). The van der Waals surface area contributed by atoms with E-state index in [-0.39, 0.29) is 0 Å². The number of morpholine rings is 1. The number of nitrogens with zero attached hydrogens (tertiary/aromatic N) is 4. The number of hydrogen-bond donors (Lipinski definition) is 1. The summed E-state index contributed by atoms with van der Waals surface area (Å²) in [6.07, 6.45) is 3.81. The van der Waals surface area contributed by atoms with Crippen molar-refractivity contribution in [3.05, 3.63) is 0 Å². The molecule has 0 aromatic carbocycles. The lowest BCUT2D eigenvalue weighted by atomic mass is 10.1. The van der Waals surface area contributed by atoms with Gasteiger partial charge in [-0.2, -0.15) is 0 Å². The fourth-order valence-corrected chi connectivity index (χ4v) is 4.40. The van der Waals surface area contributed by atoms with Gasteiger partial charge in [0.25, 0.3) is 0 Å². The van der Waals surface area contributed by atoms with E-state index in [1.54, 1.807) is 0 Å². The van der Waals surface area contributed by atoms with Crippen molar-refractivity contribution in [3.63, 3.8) is 0 Å². The summed E-state index contributed by atoms with van der Waals surface area (Å²) < 4.78 is 5.50. The summed E-state index contributed by atoms with van der Waals surface area (Å²) in [5.74, 6) is 1.87. The van der Waals surface area contributed by atoms with Crippen LogP contribution >= 0.6 is 0 Å². The maximum atomic E-state index is 5.50. The van der Waals surface area contributed by atoms with Gasteiger partial charge in [-0.05, 0) is 45.2 Å². The Hall–Kier alpha value is -0.850. The Balaban J connectivity index is 1.50. The van der Waals surface area contributed by atoms with Crippen molar-refractivity contribution < 1.29 is 4.74 Å². The summed E-state index contributed by atoms with van der Waals surface area (Å²) in [7, 11) is 0. The molecule has 2 atom stereocenters. The number of nitrogens with one attached hydrogen (secondary N) is 1. The first-order valence-corrected chi connectivity index (χ1v) is 10.4. The molecule has 3 saturated heterocycles. The Bertz CT molecular complexity index is 424. The molecule has 25 heavy (non-hydrogen) atoms. The van der Waals surface area contributed by atoms with Gasteiger partial charge >= 0.3 is 0 Å². The molecular formula is C19H37N5O. The average molecular weight is 352 g/mol. The zero-order valence-electron chi connectivity index (χ0n) is 16.3. The van der Waals surface area contributed by atoms with E-state index >= 15 is 0 Å². The third-order valence-corrected chi connectivity index (χ3v) is 5.77. The molecule has 3 aliphatic rings. The quantitative estimate of drug-likeness (QED) is 0.573. The van der Waals surface area contributed by atoms with Crippen LogP contribution in [-0.4, -0.2) is 98.8 Å². The van der Waals surface area contributed by atoms with Crippen molar-refractivity contribution >= 4 is 5.96 Å². The zero-order valence-corrected chi connectivity index (χ0v) is 16.3. The normalized spacial score (nSPS) is 29.5. The Morgan fingerprint density at radius 2 is 1.92 bits per heavy atom. The molecule has 6 heteroatoms. The minimum atomic E-state index is 0.666. The molecule has 0 aromatic heterocycles. The molecular weight excluding hydrogens is 314 g/mol. The Labute approximate surface area is 153 Å². The van der Waals surface area contributed by atoms with E-state index in [4.69, 9.17) is 9.73 Å². The predicted molar refractivity (Wildman–Crippen MR) is 103 cm³/mol. The smallest absolute Gasteiger partial charge is 0.193 e. The zero-order chi connectivity index (χ0) is 17.5. The number of rotatable bonds is 6. The molecule has 6 nitrogen and oxygen atoms in total. The number of ether oxygens (including phenoxy) is 1. The summed E-state index contributed by atoms with van der Waals surface area (Å²) in [5.41, 5.74) is 0. The van der Waals surface area contributed by atoms with Crippen molar-refractivity contribution in [2.75, 3.05) is 72.1 Å². The van der Waals surface area contributed by atoms with Crippen molar-refractivity contribution in [1.82, 2.24) is 20.0 Å². The molecule has 2 unspecified atom stereocenters. The Kier molecular flexibility index (Phi) is 7.37. The number of hydrogen-bond acceptors (Lipinski definition) is 4. The van der Waals surface area contributed by atoms with Crippen molar-refractivity contribution in [2.45, 2.75) is 39.2 Å². The molecule has 3 rings (SSSR count). The van der Waals surface area contributed by atoms with Crippen LogP contribution in [0.1, 0.15) is 33.1 Å². The fourth-order valence-electron chi connectivity index (χ4n) is 4.40. The number of likely N-dealkylation sites (tertiary alicyclic amines) is 2. The van der Waals surface area contributed by atoms with Crippen LogP contribution < -0.4 is 5.32 Å². The highest BCUT2D eigenvalue weighted by Crippen LogP contribution is 2.19. The van der Waals surface area contributed by atoms with E-state index in [2.05, 4.69) is 33.9 Å². The van der Waals surface area contributed by atoms with Crippen molar-refractivity contribution in [1.29, 1.82) is 0 Å². The van der Waals surface area contributed by atoms with Crippen LogP contribution in [0.5, 0.6) is 0 Å². The fraction of sp³-hybridized carbons (Fsp3) is 0.947. The van der Waals surface area contributed by atoms with Crippen LogP contribution in [0, 0.1) is 5.92 Å². The highest BCUT2D eigenvalue weighted by molar-refractivity contribution is 5.80. The van der Waals surface area contributed by atoms with Gasteiger partial charge in [0.05, 0.1) is 13.2 Å². The molecule has 3 fully saturated rings. The van der Waals surface area contributed by atoms with Crippen LogP contribution in [-0.2, 0) is 4.74 Å². The molecule has 0 aliphatic carbocycles. The van der Waals surface area contributed by atoms with Gasteiger partial charge in [-0.3, -0.25) is 9.89 Å². The molecule has 144 valence electrons. The summed E-state index contributed by atoms with van der Waals surface area (Å²) in [6.45, 7) is 16.3. The first kappa shape index (κ1) is 18.9. The highest BCUT2D eigenvalue weighted by atomic mass is 16.5. The largest absolute Gasteiger partial charge is 0.379 e. The molecule has 0 saturated carbocycles. The summed E-state index contributed by atoms with van der Waals surface area (Å²) in [5, 5.41) is 3.53. The van der Waals surface area contributed by atoms with E-state index in [1.165, 1.54) is 38.9 Å². The maximum Gasteiger partial charge on any atom is 0.193 e. The van der Waals surface area contributed by atoms with Crippen molar-refractivity contribution in [2.24, 2.45) is 10.9 Å². The second-order valence-corrected chi connectivity index (χ2v) is 7.69. The van der Waals surface area contributed by atoms with Gasteiger partial charge in [0.1, 0.15) is 0 Å². The number of aliphatic imine (C=N–C) groups is 1. The third-order valence-electron chi connectivity index (χ3n) is 5.77. The van der Waals surface area contributed by atoms with E-state index < -0.39 is 0 Å². The van der Waals surface area contributed by atoms with Crippen LogP contribution in [0.15, 0.2) is 4.99 Å². The molecule has 0 spiro atoms. The van der Waals surface area contributed by atoms with Gasteiger partial charge in [-0.1, -0.05) is 6.92 Å². The van der Waals surface area contributed by atoms with Gasteiger partial charge in [0.2, 0.25) is 0 Å². The van der Waals surface area contributed by atoms with Crippen LogP contribution in [0.2, 0.25) is 0 Å². The molecule has 3 heterocycles. The Morgan fingerprint density at radius 1 is 1.08 bits per heavy atom. The minimum absolute atomic E-state index is 0.666. The van der Waals surface area contributed by atoms with E-state index in [0.717, 1.165) is 64.4 Å².